The van der Waals surface area contributed by atoms with E-state index in [0.717, 1.165) is 27.4 Å². The van der Waals surface area contributed by atoms with Gasteiger partial charge in [0.05, 0.1) is 12.6 Å². The van der Waals surface area contributed by atoms with Crippen molar-refractivity contribution in [2.75, 3.05) is 25.6 Å². The zero-order valence-corrected chi connectivity index (χ0v) is 18.9. The number of anilines is 1. The summed E-state index contributed by atoms with van der Waals surface area (Å²) in [4.78, 5) is 17.3. The van der Waals surface area contributed by atoms with Gasteiger partial charge in [0, 0.05) is 35.3 Å². The van der Waals surface area contributed by atoms with Gasteiger partial charge in [0.2, 0.25) is 5.91 Å². The molecule has 2 aromatic carbocycles. The molecule has 0 saturated heterocycles. The highest BCUT2D eigenvalue weighted by atomic mass is 32.2. The van der Waals surface area contributed by atoms with E-state index in [9.17, 15) is 4.79 Å². The van der Waals surface area contributed by atoms with Crippen LogP contribution in [0.1, 0.15) is 5.56 Å². The van der Waals surface area contributed by atoms with Crippen LogP contribution in [0.25, 0.3) is 10.9 Å². The van der Waals surface area contributed by atoms with Gasteiger partial charge in [-0.3, -0.25) is 4.79 Å². The first-order valence-electron chi connectivity index (χ1n) is 10.6. The molecule has 1 aliphatic rings. The second-order valence-corrected chi connectivity index (χ2v) is 8.50. The Bertz CT molecular complexity index is 1290. The lowest BCUT2D eigenvalue weighted by Gasteiger charge is -2.19. The molecule has 0 radical (unpaired) electrons. The highest BCUT2D eigenvalue weighted by molar-refractivity contribution is 7.98. The van der Waals surface area contributed by atoms with Gasteiger partial charge in [-0.1, -0.05) is 12.1 Å². The van der Waals surface area contributed by atoms with Crippen LogP contribution in [-0.2, 0) is 17.1 Å². The lowest BCUT2D eigenvalue weighted by Crippen LogP contribution is -2.19. The maximum absolute atomic E-state index is 12.7. The molecule has 0 spiro atoms. The number of nitrogens with one attached hydrogen (secondary N) is 1. The van der Waals surface area contributed by atoms with E-state index >= 15 is 0 Å². The van der Waals surface area contributed by atoms with Crippen LogP contribution in [0.4, 0.5) is 5.69 Å². The average Bonchev–Trinajstić information content (AvgIpc) is 3.26. The van der Waals surface area contributed by atoms with Gasteiger partial charge >= 0.3 is 0 Å². The van der Waals surface area contributed by atoms with Crippen LogP contribution in [0.15, 0.2) is 72.0 Å². The van der Waals surface area contributed by atoms with Crippen molar-refractivity contribution < 1.29 is 19.0 Å². The van der Waals surface area contributed by atoms with Crippen molar-refractivity contribution in [3.05, 3.63) is 72.6 Å². The molecule has 0 saturated carbocycles. The number of carbonyl (C=O) groups is 1. The summed E-state index contributed by atoms with van der Waals surface area (Å²) in [6, 6.07) is 17.4. The van der Waals surface area contributed by atoms with E-state index in [1.807, 2.05) is 47.2 Å². The molecule has 7 nitrogen and oxygen atoms in total. The van der Waals surface area contributed by atoms with Crippen molar-refractivity contribution in [2.45, 2.75) is 17.3 Å². The fraction of sp³-hybridized carbons (Fsp3) is 0.200. The number of aromatic nitrogens is 2. The van der Waals surface area contributed by atoms with Crippen molar-refractivity contribution in [1.82, 2.24) is 9.55 Å². The standard InChI is InChI=1S/C25H23N3O4S/c1-30-19-5-2-17(3-6-19)16-33-25-20-9-11-28(21(20)8-10-26-25)15-24(29)27-18-4-7-22-23(14-18)32-13-12-31-22/h2-11,14H,12-13,15-16H2,1H3,(H,27,29). The number of nitrogens with zero attached hydrogens (tertiary/aromatic N) is 2. The molecule has 33 heavy (non-hydrogen) atoms. The van der Waals surface area contributed by atoms with Gasteiger partial charge in [-0.15, -0.1) is 11.8 Å². The molecule has 0 fully saturated rings. The fourth-order valence-corrected chi connectivity index (χ4v) is 4.66. The number of thioether (sulfide) groups is 1. The molecular weight excluding hydrogens is 438 g/mol. The Balaban J connectivity index is 1.26. The van der Waals surface area contributed by atoms with Crippen LogP contribution in [0, 0.1) is 0 Å². The minimum absolute atomic E-state index is 0.117. The summed E-state index contributed by atoms with van der Waals surface area (Å²) >= 11 is 1.67. The zero-order valence-electron chi connectivity index (χ0n) is 18.1. The summed E-state index contributed by atoms with van der Waals surface area (Å²) in [5, 5.41) is 4.91. The first kappa shape index (κ1) is 21.2. The van der Waals surface area contributed by atoms with E-state index in [0.29, 0.717) is 30.4 Å². The summed E-state index contributed by atoms with van der Waals surface area (Å²) in [7, 11) is 1.66. The Kier molecular flexibility index (Phi) is 6.08. The second kappa shape index (κ2) is 9.46. The molecule has 0 aliphatic carbocycles. The van der Waals surface area contributed by atoms with E-state index in [-0.39, 0.29) is 12.5 Å². The van der Waals surface area contributed by atoms with E-state index in [1.165, 1.54) is 5.56 Å². The molecule has 5 rings (SSSR count). The van der Waals surface area contributed by atoms with Gasteiger partial charge in [-0.2, -0.15) is 0 Å². The number of fused-ring (bicyclic) bond motifs is 2. The van der Waals surface area contributed by atoms with Gasteiger partial charge in [0.25, 0.3) is 0 Å². The quantitative estimate of drug-likeness (QED) is 0.401. The van der Waals surface area contributed by atoms with Crippen molar-refractivity contribution >= 4 is 34.3 Å². The molecule has 1 N–H and O–H groups in total. The number of ether oxygens (including phenoxy) is 3. The molecule has 8 heteroatoms. The summed E-state index contributed by atoms with van der Waals surface area (Å²) in [5.74, 6) is 2.87. The molecule has 168 valence electrons. The minimum atomic E-state index is -0.117. The van der Waals surface area contributed by atoms with Crippen LogP contribution < -0.4 is 19.5 Å². The zero-order chi connectivity index (χ0) is 22.6. The van der Waals surface area contributed by atoms with Crippen molar-refractivity contribution in [3.8, 4) is 17.2 Å². The fourth-order valence-electron chi connectivity index (χ4n) is 3.70. The van der Waals surface area contributed by atoms with Gasteiger partial charge in [0.1, 0.15) is 30.5 Å². The highest BCUT2D eigenvalue weighted by Gasteiger charge is 2.14. The third-order valence-corrected chi connectivity index (χ3v) is 6.41. The highest BCUT2D eigenvalue weighted by Crippen LogP contribution is 2.33. The number of hydrogen-bond acceptors (Lipinski definition) is 6. The van der Waals surface area contributed by atoms with Crippen LogP contribution in [0.3, 0.4) is 0 Å². The molecule has 1 amide bonds. The largest absolute Gasteiger partial charge is 0.497 e. The molecular formula is C25H23N3O4S. The number of methoxy groups -OCH3 is 1. The Labute approximate surface area is 195 Å². The Morgan fingerprint density at radius 2 is 1.91 bits per heavy atom. The first-order valence-corrected chi connectivity index (χ1v) is 11.6. The number of carbonyl (C=O) groups excluding carboxylic acids is 1. The number of pyridine rings is 1. The Morgan fingerprint density at radius 3 is 2.73 bits per heavy atom. The number of rotatable bonds is 7. The molecule has 0 unspecified atom stereocenters. The maximum atomic E-state index is 12.7. The van der Waals surface area contributed by atoms with Gasteiger partial charge in [-0.05, 0) is 42.0 Å². The smallest absolute Gasteiger partial charge is 0.244 e. The summed E-state index contributed by atoms with van der Waals surface area (Å²) in [5.41, 5.74) is 2.84. The van der Waals surface area contributed by atoms with Crippen molar-refractivity contribution in [1.29, 1.82) is 0 Å². The van der Waals surface area contributed by atoms with E-state index in [1.54, 1.807) is 31.1 Å². The third-order valence-electron chi connectivity index (χ3n) is 5.34. The topological polar surface area (TPSA) is 74.6 Å². The molecule has 0 atom stereocenters. The molecule has 2 aromatic heterocycles. The second-order valence-electron chi connectivity index (χ2n) is 7.54. The van der Waals surface area contributed by atoms with Gasteiger partial charge in [-0.25, -0.2) is 4.98 Å². The SMILES string of the molecule is COc1ccc(CSc2nccc3c2ccn3CC(=O)Nc2ccc3c(c2)OCCO3)cc1. The number of hydrogen-bond donors (Lipinski definition) is 1. The number of benzene rings is 2. The molecule has 4 aromatic rings. The monoisotopic (exact) mass is 461 g/mol. The van der Waals surface area contributed by atoms with Crippen molar-refractivity contribution in [3.63, 3.8) is 0 Å². The van der Waals surface area contributed by atoms with Gasteiger partial charge in [0.15, 0.2) is 11.5 Å². The summed E-state index contributed by atoms with van der Waals surface area (Å²) < 4.78 is 18.3. The predicted molar refractivity (Wildman–Crippen MR) is 128 cm³/mol. The van der Waals surface area contributed by atoms with Crippen LogP contribution in [0.5, 0.6) is 17.2 Å². The average molecular weight is 462 g/mol. The van der Waals surface area contributed by atoms with E-state index in [4.69, 9.17) is 14.2 Å². The van der Waals surface area contributed by atoms with Crippen LogP contribution in [-0.4, -0.2) is 35.8 Å². The van der Waals surface area contributed by atoms with Gasteiger partial charge < -0.3 is 24.1 Å². The normalized spacial score (nSPS) is 12.5. The van der Waals surface area contributed by atoms with E-state index < -0.39 is 0 Å². The minimum Gasteiger partial charge on any atom is -0.497 e. The summed E-state index contributed by atoms with van der Waals surface area (Å²) in [6.45, 7) is 1.24. The third kappa shape index (κ3) is 4.75. The lowest BCUT2D eigenvalue weighted by molar-refractivity contribution is -0.116. The van der Waals surface area contributed by atoms with Crippen LogP contribution >= 0.6 is 11.8 Å². The maximum Gasteiger partial charge on any atom is 0.244 e. The molecule has 3 heterocycles. The number of amides is 1. The lowest BCUT2D eigenvalue weighted by atomic mass is 10.2. The summed E-state index contributed by atoms with van der Waals surface area (Å²) in [6.07, 6.45) is 3.71. The predicted octanol–water partition coefficient (Wildman–Crippen LogP) is 4.75. The molecule has 1 aliphatic heterocycles. The Morgan fingerprint density at radius 1 is 1.09 bits per heavy atom. The Hall–Kier alpha value is -3.65. The first-order chi connectivity index (χ1) is 16.2. The van der Waals surface area contributed by atoms with E-state index in [2.05, 4.69) is 22.4 Å². The molecule has 0 bridgehead atoms. The van der Waals surface area contributed by atoms with Crippen molar-refractivity contribution in [2.24, 2.45) is 0 Å². The van der Waals surface area contributed by atoms with Crippen LogP contribution in [0.2, 0.25) is 0 Å².